The van der Waals surface area contributed by atoms with Crippen molar-refractivity contribution in [2.45, 2.75) is 71.9 Å². The van der Waals surface area contributed by atoms with Gasteiger partial charge in [-0.15, -0.1) is 5.10 Å². The lowest BCUT2D eigenvalue weighted by Gasteiger charge is -2.34. The van der Waals surface area contributed by atoms with Crippen molar-refractivity contribution in [1.29, 1.82) is 0 Å². The Morgan fingerprint density at radius 2 is 2.05 bits per heavy atom. The fourth-order valence-electron chi connectivity index (χ4n) is 3.02. The molecule has 1 amide bonds. The lowest BCUT2D eigenvalue weighted by atomic mass is 9.78. The second-order valence-corrected chi connectivity index (χ2v) is 7.35. The highest BCUT2D eigenvalue weighted by Gasteiger charge is 2.29. The molecule has 1 saturated carbocycles. The number of hydrogen-bond donors (Lipinski definition) is 1. The number of carbonyl (C=O) groups is 1. The summed E-state index contributed by atoms with van der Waals surface area (Å²) in [5.74, 6) is 1.93. The molecule has 1 aliphatic rings. The zero-order chi connectivity index (χ0) is 15.6. The van der Waals surface area contributed by atoms with Crippen LogP contribution in [0.2, 0.25) is 0 Å². The van der Waals surface area contributed by atoms with Crippen molar-refractivity contribution in [3.05, 3.63) is 5.82 Å². The molecule has 1 aliphatic carbocycles. The van der Waals surface area contributed by atoms with Gasteiger partial charge in [0.1, 0.15) is 6.54 Å². The maximum absolute atomic E-state index is 12.3. The van der Waals surface area contributed by atoms with Crippen molar-refractivity contribution >= 4 is 5.91 Å². The molecule has 1 aromatic heterocycles. The Hall–Kier alpha value is -1.46. The molecule has 6 nitrogen and oxygen atoms in total. The molecule has 0 spiro atoms. The van der Waals surface area contributed by atoms with Gasteiger partial charge in [-0.3, -0.25) is 4.79 Å². The first-order chi connectivity index (χ1) is 9.79. The molecule has 1 fully saturated rings. The van der Waals surface area contributed by atoms with E-state index in [2.05, 4.69) is 34.7 Å². The zero-order valence-electron chi connectivity index (χ0n) is 13.8. The Labute approximate surface area is 126 Å². The Balaban J connectivity index is 1.98. The average molecular weight is 293 g/mol. The van der Waals surface area contributed by atoms with Crippen molar-refractivity contribution in [2.24, 2.45) is 11.8 Å². The van der Waals surface area contributed by atoms with E-state index in [1.807, 2.05) is 20.8 Å². The first-order valence-corrected chi connectivity index (χ1v) is 7.85. The van der Waals surface area contributed by atoms with Gasteiger partial charge in [-0.2, -0.15) is 0 Å². The van der Waals surface area contributed by atoms with Crippen molar-refractivity contribution in [3.63, 3.8) is 0 Å². The smallest absolute Gasteiger partial charge is 0.242 e. The molecule has 0 saturated heterocycles. The van der Waals surface area contributed by atoms with Crippen LogP contribution in [-0.4, -0.2) is 32.2 Å². The first kappa shape index (κ1) is 15.9. The van der Waals surface area contributed by atoms with Crippen LogP contribution < -0.4 is 5.32 Å². The molecule has 1 aromatic rings. The second-order valence-electron chi connectivity index (χ2n) is 7.35. The Morgan fingerprint density at radius 1 is 1.33 bits per heavy atom. The predicted molar refractivity (Wildman–Crippen MR) is 80.6 cm³/mol. The number of amides is 1. The van der Waals surface area contributed by atoms with E-state index in [0.717, 1.165) is 12.2 Å². The summed E-state index contributed by atoms with van der Waals surface area (Å²) in [6, 6.07) is 0.274. The molecular weight excluding hydrogens is 266 g/mol. The van der Waals surface area contributed by atoms with E-state index in [1.165, 1.54) is 12.8 Å². The summed E-state index contributed by atoms with van der Waals surface area (Å²) in [7, 11) is 0. The SMILES string of the molecule is C[C@H]1[C@H](C)CCC[C@H]1NC(=O)Cn1nnnc1C(C)(C)C. The highest BCUT2D eigenvalue weighted by molar-refractivity contribution is 5.76. The second kappa shape index (κ2) is 6.12. The van der Waals surface area contributed by atoms with Gasteiger partial charge in [-0.25, -0.2) is 4.68 Å². The van der Waals surface area contributed by atoms with Gasteiger partial charge >= 0.3 is 0 Å². The fraction of sp³-hybridized carbons (Fsp3) is 0.867. The quantitative estimate of drug-likeness (QED) is 0.924. The van der Waals surface area contributed by atoms with E-state index in [9.17, 15) is 4.79 Å². The van der Waals surface area contributed by atoms with Crippen LogP contribution >= 0.6 is 0 Å². The van der Waals surface area contributed by atoms with Crippen LogP contribution in [0.3, 0.4) is 0 Å². The van der Waals surface area contributed by atoms with Gasteiger partial charge in [0.2, 0.25) is 5.91 Å². The molecule has 0 aliphatic heterocycles. The highest BCUT2D eigenvalue weighted by atomic mass is 16.2. The summed E-state index contributed by atoms with van der Waals surface area (Å²) >= 11 is 0. The molecule has 0 bridgehead atoms. The summed E-state index contributed by atoms with van der Waals surface area (Å²) in [6.45, 7) is 10.8. The number of tetrazole rings is 1. The summed E-state index contributed by atoms with van der Waals surface area (Å²) in [4.78, 5) is 12.3. The highest BCUT2D eigenvalue weighted by Crippen LogP contribution is 2.29. The lowest BCUT2D eigenvalue weighted by molar-refractivity contribution is -0.123. The van der Waals surface area contributed by atoms with Gasteiger partial charge < -0.3 is 5.32 Å². The van der Waals surface area contributed by atoms with E-state index in [0.29, 0.717) is 11.8 Å². The van der Waals surface area contributed by atoms with E-state index >= 15 is 0 Å². The molecule has 1 heterocycles. The third-order valence-electron chi connectivity index (χ3n) is 4.55. The average Bonchev–Trinajstić information content (AvgIpc) is 2.83. The van der Waals surface area contributed by atoms with Crippen molar-refractivity contribution in [3.8, 4) is 0 Å². The molecule has 1 N–H and O–H groups in total. The number of rotatable bonds is 3. The van der Waals surface area contributed by atoms with Crippen molar-refractivity contribution in [2.75, 3.05) is 0 Å². The molecule has 0 radical (unpaired) electrons. The van der Waals surface area contributed by atoms with Crippen molar-refractivity contribution < 1.29 is 4.79 Å². The first-order valence-electron chi connectivity index (χ1n) is 7.85. The monoisotopic (exact) mass is 293 g/mol. The number of nitrogens with one attached hydrogen (secondary N) is 1. The standard InChI is InChI=1S/C15H27N5O/c1-10-7-6-8-12(11(10)2)16-13(21)9-20-14(15(3,4)5)17-18-19-20/h10-12H,6-9H2,1-5H3,(H,16,21)/t10-,11+,12-/m1/s1. The number of nitrogens with zero attached hydrogens (tertiary/aromatic N) is 4. The largest absolute Gasteiger partial charge is 0.351 e. The number of aromatic nitrogens is 4. The molecule has 118 valence electrons. The molecule has 21 heavy (non-hydrogen) atoms. The molecule has 0 unspecified atom stereocenters. The van der Waals surface area contributed by atoms with Gasteiger partial charge in [0.15, 0.2) is 5.82 Å². The van der Waals surface area contributed by atoms with Gasteiger partial charge in [0.25, 0.3) is 0 Å². The van der Waals surface area contributed by atoms with E-state index in [1.54, 1.807) is 4.68 Å². The van der Waals surface area contributed by atoms with Gasteiger partial charge in [-0.05, 0) is 28.7 Å². The minimum Gasteiger partial charge on any atom is -0.351 e. The number of carbonyl (C=O) groups excluding carboxylic acids is 1. The van der Waals surface area contributed by atoms with Crippen LogP contribution in [0.1, 0.15) is 59.7 Å². The number of hydrogen-bond acceptors (Lipinski definition) is 4. The molecule has 0 aromatic carbocycles. The van der Waals surface area contributed by atoms with Gasteiger partial charge in [0.05, 0.1) is 0 Å². The Kier molecular flexibility index (Phi) is 4.64. The molecular formula is C15H27N5O. The third kappa shape index (κ3) is 3.80. The topological polar surface area (TPSA) is 72.7 Å². The maximum Gasteiger partial charge on any atom is 0.242 e. The van der Waals surface area contributed by atoms with Crippen LogP contribution in [0.15, 0.2) is 0 Å². The summed E-state index contributed by atoms with van der Waals surface area (Å²) < 4.78 is 1.60. The van der Waals surface area contributed by atoms with Gasteiger partial charge in [-0.1, -0.05) is 47.5 Å². The minimum atomic E-state index is -0.170. The molecule has 6 heteroatoms. The van der Waals surface area contributed by atoms with Crippen LogP contribution in [0, 0.1) is 11.8 Å². The molecule has 3 atom stereocenters. The summed E-state index contributed by atoms with van der Waals surface area (Å²) in [5.41, 5.74) is -0.170. The van der Waals surface area contributed by atoms with Crippen LogP contribution in [0.5, 0.6) is 0 Å². The minimum absolute atomic E-state index is 0.00116. The van der Waals surface area contributed by atoms with Crippen LogP contribution in [-0.2, 0) is 16.8 Å². The predicted octanol–water partition coefficient (Wildman–Crippen LogP) is 1.91. The summed E-state index contributed by atoms with van der Waals surface area (Å²) in [6.07, 6.45) is 3.52. The molecule has 2 rings (SSSR count). The van der Waals surface area contributed by atoms with E-state index in [4.69, 9.17) is 0 Å². The fourth-order valence-corrected chi connectivity index (χ4v) is 3.02. The van der Waals surface area contributed by atoms with Crippen LogP contribution in [0.4, 0.5) is 0 Å². The zero-order valence-corrected chi connectivity index (χ0v) is 13.8. The van der Waals surface area contributed by atoms with E-state index in [-0.39, 0.29) is 23.9 Å². The Bertz CT molecular complexity index is 490. The third-order valence-corrected chi connectivity index (χ3v) is 4.55. The van der Waals surface area contributed by atoms with Crippen LogP contribution in [0.25, 0.3) is 0 Å². The normalized spacial score (nSPS) is 26.6. The maximum atomic E-state index is 12.3. The Morgan fingerprint density at radius 3 is 2.71 bits per heavy atom. The van der Waals surface area contributed by atoms with Crippen molar-refractivity contribution in [1.82, 2.24) is 25.5 Å². The summed E-state index contributed by atoms with van der Waals surface area (Å²) in [5, 5.41) is 14.8. The van der Waals surface area contributed by atoms with E-state index < -0.39 is 0 Å². The van der Waals surface area contributed by atoms with Gasteiger partial charge in [0, 0.05) is 11.5 Å². The lowest BCUT2D eigenvalue weighted by Crippen LogP contribution is -2.45.